The molecule has 12 nitrogen and oxygen atoms in total. The maximum absolute atomic E-state index is 11.3. The first-order valence-electron chi connectivity index (χ1n) is 13.7. The van der Waals surface area contributed by atoms with Crippen LogP contribution in [0.25, 0.3) is 0 Å². The average Bonchev–Trinajstić information content (AvgIpc) is 3.30. The van der Waals surface area contributed by atoms with E-state index in [9.17, 15) is 31.2 Å². The Labute approximate surface area is 247 Å². The number of imidazole rings is 1. The number of carbonyl (C=O) groups excluding carboxylic acids is 3. The van der Waals surface area contributed by atoms with E-state index in [2.05, 4.69) is 29.1 Å². The van der Waals surface area contributed by atoms with Crippen molar-refractivity contribution in [2.24, 2.45) is 17.6 Å². The van der Waals surface area contributed by atoms with E-state index in [1.165, 1.54) is 11.9 Å². The summed E-state index contributed by atoms with van der Waals surface area (Å²) >= 11 is 0. The van der Waals surface area contributed by atoms with Gasteiger partial charge in [-0.3, -0.25) is 19.7 Å². The summed E-state index contributed by atoms with van der Waals surface area (Å²) in [5.41, 5.74) is 6.56. The van der Waals surface area contributed by atoms with Crippen LogP contribution in [0.4, 0.5) is 0 Å². The number of H-pyrrole nitrogens is 1. The molecule has 1 aromatic heterocycles. The molecule has 0 radical (unpaired) electrons. The third kappa shape index (κ3) is 23.0. The highest BCUT2D eigenvalue weighted by Gasteiger charge is 2.24. The van der Waals surface area contributed by atoms with Gasteiger partial charge in [-0.15, -0.1) is 0 Å². The van der Waals surface area contributed by atoms with Gasteiger partial charge in [0.05, 0.1) is 23.6 Å². The number of rotatable bonds is 7. The maximum atomic E-state index is 11.3. The topological polar surface area (TPSA) is 189 Å². The highest BCUT2D eigenvalue weighted by molar-refractivity contribution is 7.91. The van der Waals surface area contributed by atoms with Crippen LogP contribution in [-0.4, -0.2) is 92.1 Å². The van der Waals surface area contributed by atoms with Crippen molar-refractivity contribution in [1.82, 2.24) is 20.2 Å². The van der Waals surface area contributed by atoms with Crippen molar-refractivity contribution < 1.29 is 31.2 Å². The van der Waals surface area contributed by atoms with E-state index in [1.54, 1.807) is 18.2 Å². The fraction of sp³-hybridized carbons (Fsp3) is 0.778. The Morgan fingerprint density at radius 2 is 1.68 bits per heavy atom. The lowest BCUT2D eigenvalue weighted by atomic mass is 10.00. The molecular weight excluding hydrogens is 570 g/mol. The maximum Gasteiger partial charge on any atom is 0.226 e. The van der Waals surface area contributed by atoms with Crippen molar-refractivity contribution in [3.05, 3.63) is 18.2 Å². The summed E-state index contributed by atoms with van der Waals surface area (Å²) in [6.07, 6.45) is 8.80. The highest BCUT2D eigenvalue weighted by atomic mass is 32.2. The van der Waals surface area contributed by atoms with Crippen molar-refractivity contribution in [2.45, 2.75) is 86.6 Å². The van der Waals surface area contributed by atoms with Crippen molar-refractivity contribution in [1.29, 1.82) is 0 Å². The molecule has 0 saturated carbocycles. The molecule has 0 aromatic carbocycles. The summed E-state index contributed by atoms with van der Waals surface area (Å²) < 4.78 is 43.0. The molecule has 3 rings (SSSR count). The van der Waals surface area contributed by atoms with Gasteiger partial charge in [-0.2, -0.15) is 0 Å². The molecule has 1 aromatic rings. The van der Waals surface area contributed by atoms with Crippen LogP contribution < -0.4 is 11.1 Å². The van der Waals surface area contributed by atoms with Gasteiger partial charge in [-0.25, -0.2) is 21.8 Å². The standard InChI is InChI=1S/C8H15NO3S.C7H12N2.C6H9NO2.C5H13NO2S.CH4/c1-2-3-8(10)9-4-6-13(11,12)7-5-9;1-6(2)3-7-4-8-5-9-7;1-4-2-5(8)7-6(9)3-4;1-5(6)3-4-9(2,7)8;/h2-7H2,1H3;4-6H,3H2,1-2H3,(H,8,9);4H,2-3H2,1H3,(H,7,8,9);5H,3-4,6H2,1-2H3;1H4/t;;;5-;/m...0./s1. The smallest absolute Gasteiger partial charge is 0.226 e. The molecule has 41 heavy (non-hydrogen) atoms. The summed E-state index contributed by atoms with van der Waals surface area (Å²) in [6.45, 7) is 10.8. The van der Waals surface area contributed by atoms with E-state index in [-0.39, 0.29) is 54.4 Å². The molecule has 3 amide bonds. The fourth-order valence-electron chi connectivity index (χ4n) is 3.53. The van der Waals surface area contributed by atoms with E-state index in [0.717, 1.165) is 12.8 Å². The van der Waals surface area contributed by atoms with E-state index in [0.29, 0.717) is 44.7 Å². The zero-order valence-corrected chi connectivity index (χ0v) is 26.4. The lowest BCUT2D eigenvalue weighted by Gasteiger charge is -2.26. The summed E-state index contributed by atoms with van der Waals surface area (Å²) in [7, 11) is -5.66. The minimum atomic E-state index is -2.86. The first kappa shape index (κ1) is 40.8. The second kappa shape index (κ2) is 20.5. The first-order valence-corrected chi connectivity index (χ1v) is 17.5. The number of sulfone groups is 2. The molecule has 2 saturated heterocycles. The Morgan fingerprint density at radius 3 is 2.02 bits per heavy atom. The minimum Gasteiger partial charge on any atom is -0.348 e. The summed E-state index contributed by atoms with van der Waals surface area (Å²) in [6, 6.07) is -0.0141. The van der Waals surface area contributed by atoms with Crippen LogP contribution in [0.15, 0.2) is 12.5 Å². The number of aromatic nitrogens is 2. The molecule has 2 fully saturated rings. The van der Waals surface area contributed by atoms with Crippen molar-refractivity contribution in [2.75, 3.05) is 36.6 Å². The van der Waals surface area contributed by atoms with Gasteiger partial charge < -0.3 is 15.6 Å². The fourth-order valence-corrected chi connectivity index (χ4v) is 5.53. The number of amides is 3. The third-order valence-electron chi connectivity index (χ3n) is 5.63. The Kier molecular flexibility index (Phi) is 20.4. The lowest BCUT2D eigenvalue weighted by molar-refractivity contribution is -0.134. The van der Waals surface area contributed by atoms with Crippen LogP contribution in [0.1, 0.15) is 79.8 Å². The van der Waals surface area contributed by atoms with Crippen molar-refractivity contribution in [3.8, 4) is 0 Å². The zero-order chi connectivity index (χ0) is 30.9. The average molecular weight is 624 g/mol. The minimum absolute atomic E-state index is 0. The van der Waals surface area contributed by atoms with E-state index in [1.807, 2.05) is 20.0 Å². The van der Waals surface area contributed by atoms with Crippen molar-refractivity contribution in [3.63, 3.8) is 0 Å². The molecule has 3 heterocycles. The van der Waals surface area contributed by atoms with Gasteiger partial charge in [-0.1, -0.05) is 35.1 Å². The molecule has 0 unspecified atom stereocenters. The number of hydrogen-bond donors (Lipinski definition) is 3. The SMILES string of the molecule is C.CC(C)Cc1cnc[nH]1.CC1CC(=O)NC(=O)C1.CCCC(=O)N1CCS(=O)(=O)CC1.C[C@H](N)CCS(C)(=O)=O. The normalized spacial score (nSPS) is 17.3. The molecule has 4 N–H and O–H groups in total. The van der Waals surface area contributed by atoms with Gasteiger partial charge >= 0.3 is 0 Å². The molecule has 2 aliphatic rings. The van der Waals surface area contributed by atoms with Gasteiger partial charge in [0.15, 0.2) is 9.84 Å². The predicted molar refractivity (Wildman–Crippen MR) is 164 cm³/mol. The van der Waals surface area contributed by atoms with Gasteiger partial charge in [0.2, 0.25) is 17.7 Å². The second-order valence-corrected chi connectivity index (χ2v) is 15.4. The molecule has 14 heteroatoms. The molecular formula is C27H53N5O7S2. The Bertz CT molecular complexity index is 1070. The lowest BCUT2D eigenvalue weighted by Crippen LogP contribution is -2.43. The van der Waals surface area contributed by atoms with E-state index >= 15 is 0 Å². The van der Waals surface area contributed by atoms with Crippen LogP contribution >= 0.6 is 0 Å². The summed E-state index contributed by atoms with van der Waals surface area (Å²) in [5.74, 6) is 1.20. The van der Waals surface area contributed by atoms with Gasteiger partial charge in [0.1, 0.15) is 9.84 Å². The Hall–Kier alpha value is -2.32. The molecule has 0 bridgehead atoms. The Morgan fingerprint density at radius 1 is 1.15 bits per heavy atom. The van der Waals surface area contributed by atoms with Crippen molar-refractivity contribution >= 4 is 37.4 Å². The van der Waals surface area contributed by atoms with Crippen LogP contribution in [0.5, 0.6) is 0 Å². The molecule has 1 atom stereocenters. The Balaban J connectivity index is 0. The van der Waals surface area contributed by atoms with Gasteiger partial charge in [-0.05, 0) is 38.0 Å². The number of imide groups is 1. The predicted octanol–water partition coefficient (Wildman–Crippen LogP) is 2.12. The summed E-state index contributed by atoms with van der Waals surface area (Å²) in [5, 5.41) is 2.23. The summed E-state index contributed by atoms with van der Waals surface area (Å²) in [4.78, 5) is 41.1. The number of nitrogens with zero attached hydrogens (tertiary/aromatic N) is 2. The molecule has 0 aliphatic carbocycles. The first-order chi connectivity index (χ1) is 18.4. The zero-order valence-electron chi connectivity index (χ0n) is 24.8. The number of nitrogens with two attached hydrogens (primary N) is 1. The van der Waals surface area contributed by atoms with Crippen LogP contribution in [0.2, 0.25) is 0 Å². The van der Waals surface area contributed by atoms with E-state index in [4.69, 9.17) is 5.73 Å². The molecule has 2 aliphatic heterocycles. The van der Waals surface area contributed by atoms with E-state index < -0.39 is 19.7 Å². The number of aromatic amines is 1. The number of piperidine rings is 1. The van der Waals surface area contributed by atoms with Crippen LogP contribution in [-0.2, 0) is 40.5 Å². The highest BCUT2D eigenvalue weighted by Crippen LogP contribution is 2.11. The number of nitrogens with one attached hydrogen (secondary N) is 2. The number of hydrogen-bond acceptors (Lipinski definition) is 9. The van der Waals surface area contributed by atoms with Gasteiger partial charge in [0.25, 0.3) is 0 Å². The quantitative estimate of drug-likeness (QED) is 0.382. The number of carbonyl (C=O) groups is 3. The third-order valence-corrected chi connectivity index (χ3v) is 8.22. The van der Waals surface area contributed by atoms with Crippen LogP contribution in [0, 0.1) is 11.8 Å². The molecule has 0 spiro atoms. The van der Waals surface area contributed by atoms with Gasteiger partial charge in [0, 0.05) is 56.5 Å². The second-order valence-electron chi connectivity index (χ2n) is 10.8. The van der Waals surface area contributed by atoms with Crippen LogP contribution in [0.3, 0.4) is 0 Å². The monoisotopic (exact) mass is 623 g/mol. The largest absolute Gasteiger partial charge is 0.348 e. The molecule has 240 valence electrons.